The molecule has 0 fully saturated rings. The summed E-state index contributed by atoms with van der Waals surface area (Å²) in [5.41, 5.74) is 6.52. The second-order valence-corrected chi connectivity index (χ2v) is 6.50. The summed E-state index contributed by atoms with van der Waals surface area (Å²) in [4.78, 5) is 20.5. The topological polar surface area (TPSA) is 121 Å². The van der Waals surface area contributed by atoms with E-state index in [0.29, 0.717) is 12.8 Å². The zero-order valence-electron chi connectivity index (χ0n) is 18.9. The first-order valence-electron chi connectivity index (χ1n) is 9.99. The number of hydrogen-bond donors (Lipinski definition) is 4. The second-order valence-electron chi connectivity index (χ2n) is 6.50. The fraction of sp³-hybridized carbons (Fsp3) is 0.500. The summed E-state index contributed by atoms with van der Waals surface area (Å²) in [5, 5.41) is 25.5. The van der Waals surface area contributed by atoms with Crippen LogP contribution in [0, 0.1) is 35.5 Å². The van der Waals surface area contributed by atoms with Crippen LogP contribution in [0.25, 0.3) is 0 Å². The maximum Gasteiger partial charge on any atom is 0.307 e. The van der Waals surface area contributed by atoms with Crippen LogP contribution < -0.4 is 5.73 Å². The fourth-order valence-electron chi connectivity index (χ4n) is 1.68. The van der Waals surface area contributed by atoms with Gasteiger partial charge in [0, 0.05) is 25.7 Å². The van der Waals surface area contributed by atoms with Gasteiger partial charge in [0.25, 0.3) is 0 Å². The highest BCUT2D eigenvalue weighted by atomic mass is 32.1. The van der Waals surface area contributed by atoms with Crippen LogP contribution >= 0.6 is 13.5 Å². The highest BCUT2D eigenvalue weighted by Crippen LogP contribution is 2.07. The lowest BCUT2D eigenvalue weighted by atomic mass is 10.1. The molecule has 0 spiro atoms. The van der Waals surface area contributed by atoms with E-state index in [1.807, 2.05) is 44.2 Å². The van der Waals surface area contributed by atoms with Crippen LogP contribution in [-0.4, -0.2) is 33.9 Å². The Kier molecular flexibility index (Phi) is 23.8. The quantitative estimate of drug-likeness (QED) is 0.488. The molecule has 0 aliphatic rings. The standard InChI is InChI=1S/C8H11NO.2C8H12O2.H2S/c9-8(6-10)7-4-2-1-3-5-7;2*1-3-4-5-6-7(2)8(9)10;/h1-5,8,10H,6,9H2;2*7H,3,6H2,1-2H3,(H,9,10);1H2/t8-;7-;;/m10../s1. The molecule has 1 aromatic carbocycles. The van der Waals surface area contributed by atoms with Gasteiger partial charge in [0.15, 0.2) is 0 Å². The van der Waals surface area contributed by atoms with Crippen molar-refractivity contribution < 1.29 is 24.9 Å². The summed E-state index contributed by atoms with van der Waals surface area (Å²) in [5.74, 6) is 9.00. The van der Waals surface area contributed by atoms with E-state index in [0.717, 1.165) is 18.4 Å². The predicted molar refractivity (Wildman–Crippen MR) is 130 cm³/mol. The van der Waals surface area contributed by atoms with E-state index in [4.69, 9.17) is 21.1 Å². The van der Waals surface area contributed by atoms with Crippen molar-refractivity contribution in [3.05, 3.63) is 35.9 Å². The molecule has 0 radical (unpaired) electrons. The summed E-state index contributed by atoms with van der Waals surface area (Å²) in [6, 6.07) is 9.31. The Labute approximate surface area is 193 Å². The molecule has 0 saturated heterocycles. The molecule has 1 aromatic rings. The lowest BCUT2D eigenvalue weighted by Crippen LogP contribution is -2.13. The molecule has 0 aliphatic heterocycles. The van der Waals surface area contributed by atoms with E-state index in [-0.39, 0.29) is 38.0 Å². The van der Waals surface area contributed by atoms with E-state index < -0.39 is 11.9 Å². The van der Waals surface area contributed by atoms with Gasteiger partial charge in [-0.25, -0.2) is 0 Å². The monoisotopic (exact) mass is 451 g/mol. The molecule has 0 heterocycles. The molecule has 0 saturated carbocycles. The van der Waals surface area contributed by atoms with Crippen molar-refractivity contribution in [1.29, 1.82) is 0 Å². The third-order valence-electron chi connectivity index (χ3n) is 3.69. The average Bonchev–Trinajstić information content (AvgIpc) is 2.74. The highest BCUT2D eigenvalue weighted by Gasteiger charge is 2.07. The summed E-state index contributed by atoms with van der Waals surface area (Å²) in [6.45, 7) is 7.21. The third kappa shape index (κ3) is 20.6. The van der Waals surface area contributed by atoms with Gasteiger partial charge < -0.3 is 21.1 Å². The third-order valence-corrected chi connectivity index (χ3v) is 3.69. The number of aliphatic hydroxyl groups is 1. The molecular weight excluding hydrogens is 414 g/mol. The summed E-state index contributed by atoms with van der Waals surface area (Å²) in [7, 11) is 0. The summed E-state index contributed by atoms with van der Waals surface area (Å²) in [6.07, 6.45) is 2.52. The zero-order valence-corrected chi connectivity index (χ0v) is 19.9. The van der Waals surface area contributed by atoms with Gasteiger partial charge in [-0.3, -0.25) is 9.59 Å². The van der Waals surface area contributed by atoms with Crippen LogP contribution in [0.5, 0.6) is 0 Å². The average molecular weight is 452 g/mol. The van der Waals surface area contributed by atoms with E-state index in [2.05, 4.69) is 23.7 Å². The number of hydrogen-bond acceptors (Lipinski definition) is 4. The van der Waals surface area contributed by atoms with Crippen LogP contribution in [0.2, 0.25) is 0 Å². The Morgan fingerprint density at radius 1 is 0.871 bits per heavy atom. The molecule has 31 heavy (non-hydrogen) atoms. The van der Waals surface area contributed by atoms with Crippen molar-refractivity contribution in [1.82, 2.24) is 0 Å². The SMILES string of the molecule is CCC#CCC(C)C(=O)O.CCC#CC[C@H](C)C(=O)O.N[C@H](CO)c1ccccc1.S. The van der Waals surface area contributed by atoms with Gasteiger partial charge in [-0.05, 0) is 5.56 Å². The molecule has 1 unspecified atom stereocenters. The largest absolute Gasteiger partial charge is 0.481 e. The van der Waals surface area contributed by atoms with Crippen molar-refractivity contribution in [2.45, 2.75) is 59.4 Å². The van der Waals surface area contributed by atoms with Gasteiger partial charge in [-0.15, -0.1) is 23.7 Å². The lowest BCUT2D eigenvalue weighted by molar-refractivity contribution is -0.141. The molecule has 0 aliphatic carbocycles. The maximum atomic E-state index is 10.2. The van der Waals surface area contributed by atoms with E-state index in [1.165, 1.54) is 0 Å². The number of nitrogens with two attached hydrogens (primary N) is 1. The smallest absolute Gasteiger partial charge is 0.307 e. The van der Waals surface area contributed by atoms with Gasteiger partial charge in [0.05, 0.1) is 24.5 Å². The molecule has 174 valence electrons. The Morgan fingerprint density at radius 2 is 1.26 bits per heavy atom. The van der Waals surface area contributed by atoms with Crippen molar-refractivity contribution in [2.24, 2.45) is 17.6 Å². The van der Waals surface area contributed by atoms with Gasteiger partial charge in [0.1, 0.15) is 0 Å². The minimum Gasteiger partial charge on any atom is -0.481 e. The number of carboxylic acid groups (broad SMARTS) is 2. The van der Waals surface area contributed by atoms with Gasteiger partial charge in [0.2, 0.25) is 0 Å². The van der Waals surface area contributed by atoms with Crippen LogP contribution in [0.15, 0.2) is 30.3 Å². The zero-order chi connectivity index (χ0) is 23.4. The number of carboxylic acids is 2. The first-order chi connectivity index (χ1) is 14.2. The fourth-order valence-corrected chi connectivity index (χ4v) is 1.68. The molecular formula is C24H37NO5S. The summed E-state index contributed by atoms with van der Waals surface area (Å²) >= 11 is 0. The van der Waals surface area contributed by atoms with Crippen LogP contribution in [0.4, 0.5) is 0 Å². The molecule has 0 bridgehead atoms. The molecule has 6 nitrogen and oxygen atoms in total. The van der Waals surface area contributed by atoms with E-state index in [1.54, 1.807) is 13.8 Å². The van der Waals surface area contributed by atoms with Crippen molar-refractivity contribution in [2.75, 3.05) is 6.61 Å². The van der Waals surface area contributed by atoms with E-state index in [9.17, 15) is 9.59 Å². The Balaban J connectivity index is -0.000000373. The lowest BCUT2D eigenvalue weighted by Gasteiger charge is -2.06. The Hall–Kier alpha value is -2.45. The normalized spacial score (nSPS) is 11.5. The Morgan fingerprint density at radius 3 is 1.55 bits per heavy atom. The predicted octanol–water partition coefficient (Wildman–Crippen LogP) is 3.81. The molecule has 1 rings (SSSR count). The summed E-state index contributed by atoms with van der Waals surface area (Å²) < 4.78 is 0. The van der Waals surface area contributed by atoms with Gasteiger partial charge >= 0.3 is 11.9 Å². The molecule has 0 amide bonds. The minimum atomic E-state index is -0.773. The molecule has 0 aromatic heterocycles. The van der Waals surface area contributed by atoms with Gasteiger partial charge in [-0.1, -0.05) is 58.0 Å². The molecule has 7 heteroatoms. The number of rotatable bonds is 6. The highest BCUT2D eigenvalue weighted by molar-refractivity contribution is 7.59. The number of aliphatic carboxylic acids is 2. The first-order valence-corrected chi connectivity index (χ1v) is 9.99. The minimum absolute atomic E-state index is 0. The molecule has 3 atom stereocenters. The first kappa shape index (κ1) is 33.2. The van der Waals surface area contributed by atoms with Crippen molar-refractivity contribution in [3.63, 3.8) is 0 Å². The second kappa shape index (κ2) is 22.2. The van der Waals surface area contributed by atoms with Crippen molar-refractivity contribution >= 4 is 25.4 Å². The Bertz CT molecular complexity index is 676. The van der Waals surface area contributed by atoms with Crippen LogP contribution in [0.1, 0.15) is 65.0 Å². The number of benzene rings is 1. The van der Waals surface area contributed by atoms with Crippen LogP contribution in [-0.2, 0) is 9.59 Å². The number of carbonyl (C=O) groups is 2. The van der Waals surface area contributed by atoms with E-state index >= 15 is 0 Å². The van der Waals surface area contributed by atoms with Gasteiger partial charge in [-0.2, -0.15) is 13.5 Å². The molecule has 5 N–H and O–H groups in total. The number of aliphatic hydroxyl groups excluding tert-OH is 1. The van der Waals surface area contributed by atoms with Crippen LogP contribution in [0.3, 0.4) is 0 Å². The maximum absolute atomic E-state index is 10.2. The van der Waals surface area contributed by atoms with Crippen molar-refractivity contribution in [3.8, 4) is 23.7 Å².